The second-order valence-electron chi connectivity index (χ2n) is 6.00. The van der Waals surface area contributed by atoms with Crippen molar-refractivity contribution >= 4 is 11.7 Å². The van der Waals surface area contributed by atoms with Crippen LogP contribution in [0.1, 0.15) is 5.56 Å². The van der Waals surface area contributed by atoms with Gasteiger partial charge in [-0.05, 0) is 11.6 Å². The van der Waals surface area contributed by atoms with Gasteiger partial charge in [-0.3, -0.25) is 9.59 Å². The van der Waals surface area contributed by atoms with Gasteiger partial charge < -0.3 is 30.0 Å². The average Bonchev–Trinajstić information content (AvgIpc) is 2.71. The minimum absolute atomic E-state index is 0.0314. The summed E-state index contributed by atoms with van der Waals surface area (Å²) < 4.78 is 21.0. The molecule has 1 aliphatic rings. The molecule has 1 amide bonds. The molecular formula is C20H26N2O6. The summed E-state index contributed by atoms with van der Waals surface area (Å²) >= 11 is 0. The second-order valence-corrected chi connectivity index (χ2v) is 6.00. The van der Waals surface area contributed by atoms with Gasteiger partial charge in [-0.25, -0.2) is 0 Å². The largest absolute Gasteiger partial charge is 0.484 e. The van der Waals surface area contributed by atoms with Crippen molar-refractivity contribution in [3.8, 4) is 0 Å². The molecular weight excluding hydrogens is 364 g/mol. The lowest BCUT2D eigenvalue weighted by molar-refractivity contribution is -0.140. The van der Waals surface area contributed by atoms with Crippen LogP contribution in [-0.2, 0) is 35.1 Å². The highest BCUT2D eigenvalue weighted by Gasteiger charge is 2.29. The lowest BCUT2D eigenvalue weighted by Crippen LogP contribution is -2.39. The molecule has 3 N–H and O–H groups in total. The van der Waals surface area contributed by atoms with Gasteiger partial charge in [0.05, 0.1) is 24.8 Å². The zero-order chi connectivity index (χ0) is 20.4. The molecule has 0 radical (unpaired) electrons. The fourth-order valence-corrected chi connectivity index (χ4v) is 2.52. The van der Waals surface area contributed by atoms with Crippen molar-refractivity contribution in [3.63, 3.8) is 0 Å². The van der Waals surface area contributed by atoms with Crippen molar-refractivity contribution in [3.05, 3.63) is 59.4 Å². The monoisotopic (exact) mass is 390 g/mol. The van der Waals surface area contributed by atoms with E-state index in [-0.39, 0.29) is 43.5 Å². The Morgan fingerprint density at radius 2 is 1.93 bits per heavy atom. The summed E-state index contributed by atoms with van der Waals surface area (Å²) in [5, 5.41) is 2.69. The number of rotatable bonds is 11. The maximum Gasteiger partial charge on any atom is 0.253 e. The number of carbonyl (C=O) groups excluding carboxylic acids is 2. The third-order valence-corrected chi connectivity index (χ3v) is 4.04. The Hall–Kier alpha value is -2.52. The molecule has 0 saturated carbocycles. The standard InChI is InChI=1S/C20H26N2O6/c1-25-17(26-2)13-27-11-10-22-20(24)18-15(21)8-9-16(23)19(18)28-12-14-6-4-3-5-7-14/h3-9,15,17H,10-13,21H2,1-2H3,(H,22,24). The first-order valence-corrected chi connectivity index (χ1v) is 8.87. The molecule has 0 fully saturated rings. The summed E-state index contributed by atoms with van der Waals surface area (Å²) in [6.07, 6.45) is 2.33. The van der Waals surface area contributed by atoms with Crippen LogP contribution >= 0.6 is 0 Å². The van der Waals surface area contributed by atoms with Gasteiger partial charge in [-0.15, -0.1) is 0 Å². The third kappa shape index (κ3) is 6.28. The van der Waals surface area contributed by atoms with Crippen molar-refractivity contribution in [1.29, 1.82) is 0 Å². The van der Waals surface area contributed by atoms with E-state index in [2.05, 4.69) is 5.32 Å². The van der Waals surface area contributed by atoms with Crippen LogP contribution in [0.5, 0.6) is 0 Å². The molecule has 152 valence electrons. The third-order valence-electron chi connectivity index (χ3n) is 4.04. The van der Waals surface area contributed by atoms with Crippen molar-refractivity contribution < 1.29 is 28.5 Å². The van der Waals surface area contributed by atoms with Crippen LogP contribution in [0.15, 0.2) is 53.8 Å². The molecule has 0 saturated heterocycles. The van der Waals surface area contributed by atoms with E-state index in [1.54, 1.807) is 0 Å². The van der Waals surface area contributed by atoms with Crippen molar-refractivity contribution in [2.24, 2.45) is 5.73 Å². The van der Waals surface area contributed by atoms with E-state index in [0.717, 1.165) is 5.56 Å². The number of ether oxygens (including phenoxy) is 4. The molecule has 1 unspecified atom stereocenters. The van der Waals surface area contributed by atoms with Crippen molar-refractivity contribution in [2.75, 3.05) is 34.0 Å². The smallest absolute Gasteiger partial charge is 0.253 e. The molecule has 0 aliphatic heterocycles. The molecule has 28 heavy (non-hydrogen) atoms. The topological polar surface area (TPSA) is 109 Å². The van der Waals surface area contributed by atoms with Gasteiger partial charge in [0.25, 0.3) is 5.91 Å². The normalized spacial score (nSPS) is 16.6. The van der Waals surface area contributed by atoms with Gasteiger partial charge in [0.2, 0.25) is 5.78 Å². The maximum atomic E-state index is 12.6. The number of hydrogen-bond donors (Lipinski definition) is 2. The Balaban J connectivity index is 1.94. The first kappa shape index (κ1) is 21.8. The number of carbonyl (C=O) groups is 2. The number of methoxy groups -OCH3 is 2. The van der Waals surface area contributed by atoms with Crippen LogP contribution < -0.4 is 11.1 Å². The summed E-state index contributed by atoms with van der Waals surface area (Å²) in [4.78, 5) is 24.8. The van der Waals surface area contributed by atoms with Gasteiger partial charge in [-0.1, -0.05) is 36.4 Å². The molecule has 1 aliphatic carbocycles. The Bertz CT molecular complexity index is 713. The molecule has 0 heterocycles. The van der Waals surface area contributed by atoms with E-state index in [1.807, 2.05) is 30.3 Å². The van der Waals surface area contributed by atoms with Crippen LogP contribution in [0.25, 0.3) is 0 Å². The fourth-order valence-electron chi connectivity index (χ4n) is 2.52. The number of amides is 1. The predicted molar refractivity (Wildman–Crippen MR) is 102 cm³/mol. The highest BCUT2D eigenvalue weighted by atomic mass is 16.7. The zero-order valence-corrected chi connectivity index (χ0v) is 16.1. The molecule has 0 bridgehead atoms. The van der Waals surface area contributed by atoms with Gasteiger partial charge in [0.1, 0.15) is 6.61 Å². The SMILES string of the molecule is COC(COCCNC(=O)C1=C(OCc2ccccc2)C(=O)C=CC1N)OC. The number of nitrogens with one attached hydrogen (secondary N) is 1. The van der Waals surface area contributed by atoms with E-state index in [9.17, 15) is 9.59 Å². The maximum absolute atomic E-state index is 12.6. The molecule has 0 aromatic heterocycles. The van der Waals surface area contributed by atoms with E-state index in [1.165, 1.54) is 26.4 Å². The van der Waals surface area contributed by atoms with Gasteiger partial charge >= 0.3 is 0 Å². The number of hydrogen-bond acceptors (Lipinski definition) is 7. The Kier molecular flexibility index (Phi) is 8.83. The summed E-state index contributed by atoms with van der Waals surface area (Å²) in [5.41, 5.74) is 6.99. The van der Waals surface area contributed by atoms with E-state index in [4.69, 9.17) is 24.7 Å². The number of nitrogens with two attached hydrogens (primary N) is 1. The summed E-state index contributed by atoms with van der Waals surface area (Å²) in [5.74, 6) is -0.884. The van der Waals surface area contributed by atoms with Crippen LogP contribution in [0.3, 0.4) is 0 Å². The second kappa shape index (κ2) is 11.4. The highest BCUT2D eigenvalue weighted by molar-refractivity contribution is 6.11. The van der Waals surface area contributed by atoms with E-state index in [0.29, 0.717) is 0 Å². The summed E-state index contributed by atoms with van der Waals surface area (Å²) in [6.45, 7) is 0.885. The first-order valence-electron chi connectivity index (χ1n) is 8.87. The lowest BCUT2D eigenvalue weighted by Gasteiger charge is -2.21. The van der Waals surface area contributed by atoms with Crippen LogP contribution in [0.2, 0.25) is 0 Å². The van der Waals surface area contributed by atoms with Crippen LogP contribution in [0.4, 0.5) is 0 Å². The Morgan fingerprint density at radius 1 is 1.21 bits per heavy atom. The van der Waals surface area contributed by atoms with Gasteiger partial charge in [0, 0.05) is 20.8 Å². The molecule has 1 atom stereocenters. The quantitative estimate of drug-likeness (QED) is 0.422. The van der Waals surface area contributed by atoms with Crippen LogP contribution in [0, 0.1) is 0 Å². The minimum atomic E-state index is -0.726. The number of allylic oxidation sites excluding steroid dienone is 1. The van der Waals surface area contributed by atoms with Gasteiger partial charge in [-0.2, -0.15) is 0 Å². The van der Waals surface area contributed by atoms with Gasteiger partial charge in [0.15, 0.2) is 12.0 Å². The molecule has 8 nitrogen and oxygen atoms in total. The fraction of sp³-hybridized carbons (Fsp3) is 0.400. The summed E-state index contributed by atoms with van der Waals surface area (Å²) in [7, 11) is 3.02. The molecule has 1 aromatic rings. The Labute approximate surface area is 164 Å². The molecule has 0 spiro atoms. The van der Waals surface area contributed by atoms with Crippen LogP contribution in [-0.4, -0.2) is 58.0 Å². The lowest BCUT2D eigenvalue weighted by atomic mass is 9.97. The van der Waals surface area contributed by atoms with Crippen molar-refractivity contribution in [1.82, 2.24) is 5.32 Å². The van der Waals surface area contributed by atoms with Crippen molar-refractivity contribution in [2.45, 2.75) is 18.9 Å². The first-order chi connectivity index (χ1) is 13.6. The number of benzene rings is 1. The zero-order valence-electron chi connectivity index (χ0n) is 16.1. The highest BCUT2D eigenvalue weighted by Crippen LogP contribution is 2.19. The van der Waals surface area contributed by atoms with E-state index >= 15 is 0 Å². The van der Waals surface area contributed by atoms with E-state index < -0.39 is 18.2 Å². The predicted octanol–water partition coefficient (Wildman–Crippen LogP) is 0.675. The minimum Gasteiger partial charge on any atom is -0.484 e. The molecule has 8 heteroatoms. The molecule has 1 aromatic carbocycles. The number of ketones is 1. The summed E-state index contributed by atoms with van der Waals surface area (Å²) in [6, 6.07) is 8.63. The average molecular weight is 390 g/mol. The molecule has 2 rings (SSSR count). The Morgan fingerprint density at radius 3 is 2.61 bits per heavy atom.